The van der Waals surface area contributed by atoms with Gasteiger partial charge in [0.25, 0.3) is 5.56 Å². The van der Waals surface area contributed by atoms with Gasteiger partial charge < -0.3 is 30.7 Å². The highest BCUT2D eigenvalue weighted by atomic mass is 31.2. The number of anilines is 2. The van der Waals surface area contributed by atoms with E-state index in [0.717, 1.165) is 28.1 Å². The minimum Gasteiger partial charge on any atom is -0.382 e. The Morgan fingerprint density at radius 1 is 0.844 bits per heavy atom. The fourth-order valence-corrected chi connectivity index (χ4v) is 7.11. The van der Waals surface area contributed by atoms with Crippen LogP contribution in [-0.4, -0.2) is 98.8 Å². The number of ether oxygens (including phenoxy) is 2. The van der Waals surface area contributed by atoms with Crippen molar-refractivity contribution in [1.82, 2.24) is 39.0 Å². The molecule has 4 aromatic rings. The number of nitrogens with one attached hydrogen (secondary N) is 1. The molecule has 0 aliphatic carbocycles. The van der Waals surface area contributed by atoms with Gasteiger partial charge in [-0.15, -0.1) is 0 Å². The Balaban J connectivity index is 1.21. The van der Waals surface area contributed by atoms with E-state index < -0.39 is 83.6 Å². The number of halogens is 2. The lowest BCUT2D eigenvalue weighted by atomic mass is 10.1. The van der Waals surface area contributed by atoms with Crippen LogP contribution in [0.15, 0.2) is 23.8 Å². The first kappa shape index (κ1) is 30.2. The van der Waals surface area contributed by atoms with Crippen molar-refractivity contribution >= 4 is 49.7 Å². The second kappa shape index (κ2) is 10.8. The molecule has 7 heterocycles. The highest BCUT2D eigenvalue weighted by molar-refractivity contribution is 7.47. The Kier molecular flexibility index (Phi) is 7.24. The third-order valence-corrected chi connectivity index (χ3v) is 9.20. The van der Waals surface area contributed by atoms with Crippen LogP contribution in [0.3, 0.4) is 0 Å². The maximum atomic E-state index is 15.9. The van der Waals surface area contributed by atoms with Gasteiger partial charge in [-0.25, -0.2) is 37.8 Å². The molecule has 7 rings (SSSR count). The highest BCUT2D eigenvalue weighted by Crippen LogP contribution is 2.54. The van der Waals surface area contributed by atoms with E-state index in [4.69, 9.17) is 39.0 Å². The van der Waals surface area contributed by atoms with E-state index in [2.05, 4.69) is 29.9 Å². The monoisotopic (exact) mass is 678 g/mol. The van der Waals surface area contributed by atoms with E-state index >= 15 is 8.78 Å². The van der Waals surface area contributed by atoms with Crippen LogP contribution in [0.4, 0.5) is 20.5 Å². The summed E-state index contributed by atoms with van der Waals surface area (Å²) in [5.74, 6) is -0.342. The van der Waals surface area contributed by atoms with Crippen LogP contribution in [0.1, 0.15) is 12.5 Å². The first-order valence-corrected chi connectivity index (χ1v) is 15.9. The fraction of sp³-hybridized carbons (Fsp3) is 0.500. The normalized spacial score (nSPS) is 37.7. The van der Waals surface area contributed by atoms with Gasteiger partial charge in [-0.3, -0.25) is 37.0 Å². The molecule has 7 N–H and O–H groups in total. The summed E-state index contributed by atoms with van der Waals surface area (Å²) in [4.78, 5) is 55.2. The quantitative estimate of drug-likeness (QED) is 0.169. The average Bonchev–Trinajstić information content (AvgIpc) is 3.72. The smallest absolute Gasteiger partial charge is 0.382 e. The van der Waals surface area contributed by atoms with Crippen LogP contribution in [0.5, 0.6) is 0 Å². The largest absolute Gasteiger partial charge is 0.472 e. The molecule has 21 nitrogen and oxygen atoms in total. The van der Waals surface area contributed by atoms with Crippen LogP contribution in [0.25, 0.3) is 22.3 Å². The van der Waals surface area contributed by atoms with Gasteiger partial charge in [0.2, 0.25) is 5.95 Å². The van der Waals surface area contributed by atoms with E-state index in [9.17, 15) is 23.7 Å². The van der Waals surface area contributed by atoms with Crippen molar-refractivity contribution in [3.8, 4) is 0 Å². The number of fused-ring (bicyclic) bond motifs is 5. The molecule has 0 spiro atoms. The number of rotatable bonds is 2. The first-order chi connectivity index (χ1) is 21.3. The zero-order chi connectivity index (χ0) is 31.8. The minimum absolute atomic E-state index is 0.0167. The summed E-state index contributed by atoms with van der Waals surface area (Å²) in [6.45, 7) is -1.94. The molecule has 2 bridgehead atoms. The maximum Gasteiger partial charge on any atom is 0.472 e. The van der Waals surface area contributed by atoms with Crippen molar-refractivity contribution in [3.63, 3.8) is 0 Å². The van der Waals surface area contributed by atoms with Crippen LogP contribution in [0.2, 0.25) is 0 Å². The minimum atomic E-state index is -5.23. The van der Waals surface area contributed by atoms with Gasteiger partial charge in [0.05, 0.1) is 25.9 Å². The number of nitrogens with two attached hydrogens (primary N) is 2. The summed E-state index contributed by atoms with van der Waals surface area (Å²) < 4.78 is 91.3. The number of aromatic amines is 1. The lowest BCUT2D eigenvalue weighted by Gasteiger charge is -2.25. The number of H-pyrrole nitrogens is 1. The molecule has 0 aromatic carbocycles. The average molecular weight is 678 g/mol. The van der Waals surface area contributed by atoms with Crippen molar-refractivity contribution in [2.45, 2.75) is 49.2 Å². The lowest BCUT2D eigenvalue weighted by molar-refractivity contribution is -0.0669. The maximum absolute atomic E-state index is 15.9. The molecular formula is C20H22F2N10O11P2. The Morgan fingerprint density at radius 2 is 1.47 bits per heavy atom. The summed E-state index contributed by atoms with van der Waals surface area (Å²) in [5.41, 5.74) is 10.4. The van der Waals surface area contributed by atoms with Gasteiger partial charge in [-0.2, -0.15) is 4.98 Å². The zero-order valence-corrected chi connectivity index (χ0v) is 24.1. The lowest BCUT2D eigenvalue weighted by Crippen LogP contribution is -2.34. The van der Waals surface area contributed by atoms with Crippen LogP contribution in [-0.2, 0) is 36.7 Å². The molecule has 3 aliphatic heterocycles. The molecule has 3 saturated heterocycles. The third-order valence-electron chi connectivity index (χ3n) is 7.23. The molecule has 3 fully saturated rings. The van der Waals surface area contributed by atoms with Crippen molar-refractivity contribution < 1.29 is 55.3 Å². The van der Waals surface area contributed by atoms with Crippen LogP contribution >= 0.6 is 15.6 Å². The van der Waals surface area contributed by atoms with Crippen molar-refractivity contribution in [3.05, 3.63) is 29.3 Å². The van der Waals surface area contributed by atoms with Gasteiger partial charge >= 0.3 is 15.6 Å². The predicted octanol–water partition coefficient (Wildman–Crippen LogP) is -0.387. The molecule has 4 aromatic heterocycles. The van der Waals surface area contributed by atoms with Crippen LogP contribution in [0, 0.1) is 0 Å². The van der Waals surface area contributed by atoms with Crippen LogP contribution < -0.4 is 17.0 Å². The number of alkyl halides is 2. The molecule has 3 aliphatic rings. The Labute approximate surface area is 247 Å². The second-order valence-corrected chi connectivity index (χ2v) is 12.9. The topological polar surface area (TPSA) is 289 Å². The van der Waals surface area contributed by atoms with Gasteiger partial charge in [0, 0.05) is 0 Å². The number of nitrogens with zero attached hydrogens (tertiary/aromatic N) is 7. The number of hydrogen-bond acceptors (Lipinski definition) is 16. The van der Waals surface area contributed by atoms with Gasteiger partial charge in [0.15, 0.2) is 47.4 Å². The highest BCUT2D eigenvalue weighted by Gasteiger charge is 2.55. The molecule has 2 unspecified atom stereocenters. The second-order valence-electron chi connectivity index (χ2n) is 10.0. The van der Waals surface area contributed by atoms with E-state index in [1.54, 1.807) is 0 Å². The first-order valence-electron chi connectivity index (χ1n) is 12.9. The zero-order valence-electron chi connectivity index (χ0n) is 22.3. The summed E-state index contributed by atoms with van der Waals surface area (Å²) in [5, 5.41) is 0. The fourth-order valence-electron chi connectivity index (χ4n) is 5.23. The summed E-state index contributed by atoms with van der Waals surface area (Å²) >= 11 is 0. The van der Waals surface area contributed by atoms with Crippen molar-refractivity contribution in [2.24, 2.45) is 0 Å². The van der Waals surface area contributed by atoms with E-state index in [-0.39, 0.29) is 34.1 Å². The van der Waals surface area contributed by atoms with E-state index in [1.165, 1.54) is 0 Å². The molecule has 0 radical (unpaired) electrons. The number of nitrogen functional groups attached to an aromatic ring is 2. The Bertz CT molecular complexity index is 1940. The van der Waals surface area contributed by atoms with E-state index in [0.29, 0.717) is 0 Å². The van der Waals surface area contributed by atoms with E-state index in [1.807, 2.05) is 0 Å². The molecular weight excluding hydrogens is 656 g/mol. The summed E-state index contributed by atoms with van der Waals surface area (Å²) in [6, 6.07) is 0. The van der Waals surface area contributed by atoms with Gasteiger partial charge in [-0.1, -0.05) is 0 Å². The molecule has 25 heteroatoms. The number of aromatic nitrogens is 8. The predicted molar refractivity (Wildman–Crippen MR) is 141 cm³/mol. The van der Waals surface area contributed by atoms with Gasteiger partial charge in [0.1, 0.15) is 36.3 Å². The van der Waals surface area contributed by atoms with Crippen molar-refractivity contribution in [2.75, 3.05) is 24.7 Å². The van der Waals surface area contributed by atoms with Crippen molar-refractivity contribution in [1.29, 1.82) is 0 Å². The molecule has 45 heavy (non-hydrogen) atoms. The van der Waals surface area contributed by atoms with Gasteiger partial charge in [-0.05, 0) is 0 Å². The third kappa shape index (κ3) is 5.29. The number of phosphoric acid groups is 2. The summed E-state index contributed by atoms with van der Waals surface area (Å²) in [7, 11) is -10.4. The summed E-state index contributed by atoms with van der Waals surface area (Å²) in [6.07, 6.45) is -11.8. The number of phosphoric ester groups is 2. The number of hydrogen-bond donors (Lipinski definition) is 5. The molecule has 0 amide bonds. The standard InChI is InChI=1S/C20H22F2N10O11P2/c21-8-6-1-38-44(34,35)42-12-7(41-18(9(12)22)31-4-27-10-14(23)25-3-26-15(10)31)2-39-45(36,37)43-13(8)19(40-6)32-5-28-11-16(32)29-20(24)30-17(11)33/h3-9,12-13,18-19H,1-2H2,(H,34,35)(H,36,37)(H2,23,25,26)(H3,24,29,30,33)/t6-,7-,8-,9-,12-,13-,18-,19-/m1/s1. The SMILES string of the molecule is Nc1nc2c(ncn2[C@@H]2O[C@@H]3COP(=O)(O)O[C@H]4[C@@H](F)[C@H](n5cnc6c(N)ncnc65)O[C@@H]4COP(=O)(O)O[C@@H]2[C@@H]3F)c(=O)[nH]1. The molecule has 242 valence electrons. The molecule has 0 saturated carbocycles. The molecule has 10 atom stereocenters. The Hall–Kier alpha value is -3.50. The Morgan fingerprint density at radius 3 is 2.20 bits per heavy atom. The number of imidazole rings is 2.